The monoisotopic (exact) mass is 346 g/mol. The van der Waals surface area contributed by atoms with Crippen molar-refractivity contribution in [1.29, 1.82) is 0 Å². The number of unbranched alkanes of at least 4 members (excludes halogenated alkanes) is 1. The van der Waals surface area contributed by atoms with Crippen LogP contribution in [-0.4, -0.2) is 26.3 Å². The number of benzene rings is 1. The first kappa shape index (κ1) is 12.5. The fraction of sp³-hybridized carbons (Fsp3) is 0.429. The van der Waals surface area contributed by atoms with Crippen LogP contribution < -0.4 is 0 Å². The first-order chi connectivity index (χ1) is 7.84. The standard InChI is InChI=1S/C14H18Se2/c1-12-6-8-13(9-7-12)4-2-3-5-14-10-15-16-11-14/h6-10H,2-5,11H2,1H3. The molecule has 0 aromatic heterocycles. The molecule has 0 saturated carbocycles. The van der Waals surface area contributed by atoms with Gasteiger partial charge in [-0.3, -0.25) is 0 Å². The predicted octanol–water partition coefficient (Wildman–Crippen LogP) is 3.35. The molecule has 86 valence electrons. The second-order valence-corrected chi connectivity index (χ2v) is 11.0. The summed E-state index contributed by atoms with van der Waals surface area (Å²) in [6.07, 6.45) is 5.35. The molecule has 1 aliphatic rings. The van der Waals surface area contributed by atoms with Gasteiger partial charge in [-0.2, -0.15) is 0 Å². The summed E-state index contributed by atoms with van der Waals surface area (Å²) in [7, 11) is 0. The molecule has 0 spiro atoms. The third-order valence-corrected chi connectivity index (χ3v) is 8.89. The Hall–Kier alpha value is -0.00104. The third-order valence-electron chi connectivity index (χ3n) is 2.86. The molecule has 1 aromatic carbocycles. The summed E-state index contributed by atoms with van der Waals surface area (Å²) < 4.78 is 0. The predicted molar refractivity (Wildman–Crippen MR) is 73.1 cm³/mol. The van der Waals surface area contributed by atoms with Crippen LogP contribution in [0.1, 0.15) is 30.4 Å². The second kappa shape index (κ2) is 6.67. The van der Waals surface area contributed by atoms with E-state index in [9.17, 15) is 0 Å². The fourth-order valence-electron chi connectivity index (χ4n) is 1.81. The van der Waals surface area contributed by atoms with Crippen LogP contribution in [0.3, 0.4) is 0 Å². The SMILES string of the molecule is Cc1ccc(CCCCC2=C[Se][Se]C2)cc1. The Kier molecular flexibility index (Phi) is 5.19. The van der Waals surface area contributed by atoms with Crippen molar-refractivity contribution >= 4 is 26.3 Å². The zero-order valence-corrected chi connectivity index (χ0v) is 13.2. The van der Waals surface area contributed by atoms with Crippen LogP contribution >= 0.6 is 0 Å². The first-order valence-electron chi connectivity index (χ1n) is 5.86. The molecular formula is C14H18Se2. The van der Waals surface area contributed by atoms with E-state index in [4.69, 9.17) is 0 Å². The molecule has 1 aliphatic heterocycles. The van der Waals surface area contributed by atoms with E-state index in [1.165, 1.54) is 42.1 Å². The third kappa shape index (κ3) is 4.11. The number of hydrogen-bond donors (Lipinski definition) is 0. The summed E-state index contributed by atoms with van der Waals surface area (Å²) in [6.45, 7) is 2.15. The van der Waals surface area contributed by atoms with Crippen molar-refractivity contribution in [2.75, 3.05) is 0 Å². The molecule has 0 bridgehead atoms. The number of hydrogen-bond acceptors (Lipinski definition) is 0. The van der Waals surface area contributed by atoms with Crippen molar-refractivity contribution in [3.8, 4) is 0 Å². The van der Waals surface area contributed by atoms with E-state index in [1.807, 2.05) is 0 Å². The van der Waals surface area contributed by atoms with Crippen molar-refractivity contribution in [2.45, 2.75) is 37.9 Å². The summed E-state index contributed by atoms with van der Waals surface area (Å²) in [5.41, 5.74) is 4.63. The second-order valence-electron chi connectivity index (χ2n) is 4.33. The van der Waals surface area contributed by atoms with Gasteiger partial charge < -0.3 is 0 Å². The molecular weight excluding hydrogens is 326 g/mol. The molecule has 0 aliphatic carbocycles. The van der Waals surface area contributed by atoms with E-state index in [1.54, 1.807) is 5.57 Å². The molecule has 0 saturated heterocycles. The van der Waals surface area contributed by atoms with Crippen LogP contribution in [0.4, 0.5) is 0 Å². The van der Waals surface area contributed by atoms with Gasteiger partial charge in [0, 0.05) is 0 Å². The molecule has 16 heavy (non-hydrogen) atoms. The molecule has 0 N–H and O–H groups in total. The van der Waals surface area contributed by atoms with Crippen LogP contribution in [-0.2, 0) is 6.42 Å². The average molecular weight is 344 g/mol. The topological polar surface area (TPSA) is 0 Å². The quantitative estimate of drug-likeness (QED) is 0.568. The summed E-state index contributed by atoms with van der Waals surface area (Å²) in [4.78, 5) is 2.54. The van der Waals surface area contributed by atoms with E-state index in [0.717, 1.165) is 26.3 Å². The normalized spacial score (nSPS) is 15.2. The average Bonchev–Trinajstić information content (AvgIpc) is 2.80. The number of allylic oxidation sites excluding steroid dienone is 1. The Balaban J connectivity index is 1.66. The molecule has 0 unspecified atom stereocenters. The van der Waals surface area contributed by atoms with Gasteiger partial charge in [-0.05, 0) is 0 Å². The van der Waals surface area contributed by atoms with Gasteiger partial charge in [-0.1, -0.05) is 0 Å². The van der Waals surface area contributed by atoms with Gasteiger partial charge >= 0.3 is 110 Å². The Labute approximate surface area is 110 Å². The summed E-state index contributed by atoms with van der Waals surface area (Å²) in [5.74, 6) is 0. The van der Waals surface area contributed by atoms with Gasteiger partial charge in [0.1, 0.15) is 0 Å². The van der Waals surface area contributed by atoms with E-state index < -0.39 is 0 Å². The van der Waals surface area contributed by atoms with Crippen molar-refractivity contribution in [3.63, 3.8) is 0 Å². The van der Waals surface area contributed by atoms with Crippen LogP contribution in [0, 0.1) is 6.92 Å². The van der Waals surface area contributed by atoms with Crippen molar-refractivity contribution < 1.29 is 0 Å². The zero-order valence-electron chi connectivity index (χ0n) is 9.74. The van der Waals surface area contributed by atoms with Gasteiger partial charge in [0.05, 0.1) is 0 Å². The molecule has 0 radical (unpaired) electrons. The van der Waals surface area contributed by atoms with Gasteiger partial charge in [-0.15, -0.1) is 0 Å². The first-order valence-corrected chi connectivity index (χ1v) is 12.4. The Morgan fingerprint density at radius 1 is 1.06 bits per heavy atom. The van der Waals surface area contributed by atoms with E-state index >= 15 is 0 Å². The number of aryl methyl sites for hydroxylation is 2. The molecule has 0 amide bonds. The zero-order chi connectivity index (χ0) is 11.2. The molecule has 2 heteroatoms. The van der Waals surface area contributed by atoms with Gasteiger partial charge in [-0.25, -0.2) is 0 Å². The van der Waals surface area contributed by atoms with Crippen molar-refractivity contribution in [3.05, 3.63) is 45.9 Å². The van der Waals surface area contributed by atoms with Gasteiger partial charge in [0.25, 0.3) is 0 Å². The van der Waals surface area contributed by atoms with E-state index in [0.29, 0.717) is 0 Å². The van der Waals surface area contributed by atoms with Gasteiger partial charge in [0.2, 0.25) is 0 Å². The fourth-order valence-corrected chi connectivity index (χ4v) is 8.75. The minimum atomic E-state index is 0.902. The molecule has 0 atom stereocenters. The Morgan fingerprint density at radius 2 is 1.81 bits per heavy atom. The van der Waals surface area contributed by atoms with Crippen LogP contribution in [0.2, 0.25) is 5.32 Å². The van der Waals surface area contributed by atoms with Crippen molar-refractivity contribution in [1.82, 2.24) is 0 Å². The molecule has 2 rings (SSSR count). The van der Waals surface area contributed by atoms with Crippen LogP contribution in [0.5, 0.6) is 0 Å². The Morgan fingerprint density at radius 3 is 2.50 bits per heavy atom. The van der Waals surface area contributed by atoms with Crippen LogP contribution in [0.25, 0.3) is 0 Å². The molecule has 0 nitrogen and oxygen atoms in total. The summed E-state index contributed by atoms with van der Waals surface area (Å²) in [6, 6.07) is 8.99. The van der Waals surface area contributed by atoms with Crippen molar-refractivity contribution in [2.24, 2.45) is 0 Å². The van der Waals surface area contributed by atoms with Crippen LogP contribution in [0.15, 0.2) is 34.8 Å². The maximum absolute atomic E-state index is 2.54. The minimum absolute atomic E-state index is 0.902. The summed E-state index contributed by atoms with van der Waals surface area (Å²) >= 11 is 1.87. The summed E-state index contributed by atoms with van der Waals surface area (Å²) in [5, 5.41) is 1.46. The maximum atomic E-state index is 2.54. The molecule has 0 fully saturated rings. The number of rotatable bonds is 5. The van der Waals surface area contributed by atoms with E-state index in [2.05, 4.69) is 36.2 Å². The Bertz CT molecular complexity index is 352. The molecule has 1 heterocycles. The molecule has 1 aromatic rings. The van der Waals surface area contributed by atoms with Gasteiger partial charge in [0.15, 0.2) is 0 Å². The van der Waals surface area contributed by atoms with E-state index in [-0.39, 0.29) is 0 Å².